The molecule has 1 amide bonds. The number of hydrogen-bond donors (Lipinski definition) is 1. The number of rotatable bonds is 7. The average molecular weight is 251 g/mol. The van der Waals surface area contributed by atoms with Gasteiger partial charge in [-0.2, -0.15) is 0 Å². The van der Waals surface area contributed by atoms with Gasteiger partial charge in [0, 0.05) is 13.7 Å². The minimum absolute atomic E-state index is 0.206. The fraction of sp³-hybridized carbons (Fsp3) is 0.385. The number of carbonyl (C=O) groups is 2. The second-order valence-electron chi connectivity index (χ2n) is 3.86. The Balaban J connectivity index is 2.60. The van der Waals surface area contributed by atoms with Crippen LogP contribution in [0.1, 0.15) is 5.56 Å². The van der Waals surface area contributed by atoms with Gasteiger partial charge in [0.15, 0.2) is 0 Å². The Morgan fingerprint density at radius 2 is 1.94 bits per heavy atom. The Morgan fingerprint density at radius 1 is 1.28 bits per heavy atom. The van der Waals surface area contributed by atoms with Crippen molar-refractivity contribution in [3.05, 3.63) is 35.9 Å². The second-order valence-corrected chi connectivity index (χ2v) is 3.86. The minimum atomic E-state index is -1.02. The van der Waals surface area contributed by atoms with Crippen molar-refractivity contribution in [3.63, 3.8) is 0 Å². The van der Waals surface area contributed by atoms with Crippen LogP contribution in [0.15, 0.2) is 30.3 Å². The van der Waals surface area contributed by atoms with E-state index in [1.165, 1.54) is 12.0 Å². The van der Waals surface area contributed by atoms with E-state index in [2.05, 4.69) is 0 Å². The first-order chi connectivity index (χ1) is 8.63. The number of benzene rings is 1. The average Bonchev–Trinajstić information content (AvgIpc) is 2.35. The maximum atomic E-state index is 12.0. The number of carboxylic acid groups (broad SMARTS) is 1. The highest BCUT2D eigenvalue weighted by Crippen LogP contribution is 2.03. The van der Waals surface area contributed by atoms with Crippen LogP contribution in [-0.4, -0.2) is 48.7 Å². The number of aliphatic carboxylic acids is 1. The molecule has 0 saturated carbocycles. The summed E-state index contributed by atoms with van der Waals surface area (Å²) in [5.41, 5.74) is 0.871. The predicted molar refractivity (Wildman–Crippen MR) is 66.2 cm³/mol. The quantitative estimate of drug-likeness (QED) is 0.778. The normalized spacial score (nSPS) is 10.1. The van der Waals surface area contributed by atoms with Crippen LogP contribution in [0, 0.1) is 0 Å². The first-order valence-electron chi connectivity index (χ1n) is 5.66. The monoisotopic (exact) mass is 251 g/mol. The molecule has 5 nitrogen and oxygen atoms in total. The van der Waals surface area contributed by atoms with E-state index < -0.39 is 5.97 Å². The van der Waals surface area contributed by atoms with Gasteiger partial charge in [0.1, 0.15) is 6.54 Å². The molecule has 1 N–H and O–H groups in total. The second kappa shape index (κ2) is 7.45. The minimum Gasteiger partial charge on any atom is -0.480 e. The molecular weight excluding hydrogens is 234 g/mol. The molecule has 0 spiro atoms. The van der Waals surface area contributed by atoms with Crippen LogP contribution in [0.4, 0.5) is 0 Å². The molecule has 0 atom stereocenters. The summed E-state index contributed by atoms with van der Waals surface area (Å²) in [7, 11) is 1.51. The largest absolute Gasteiger partial charge is 0.480 e. The molecule has 0 fully saturated rings. The third kappa shape index (κ3) is 4.97. The van der Waals surface area contributed by atoms with E-state index in [-0.39, 0.29) is 25.4 Å². The van der Waals surface area contributed by atoms with E-state index in [0.717, 1.165) is 5.56 Å². The van der Waals surface area contributed by atoms with Gasteiger partial charge in [0.25, 0.3) is 0 Å². The van der Waals surface area contributed by atoms with E-state index >= 15 is 0 Å². The summed E-state index contributed by atoms with van der Waals surface area (Å²) in [4.78, 5) is 23.9. The number of carbonyl (C=O) groups excluding carboxylic acids is 1. The van der Waals surface area contributed by atoms with Crippen LogP contribution >= 0.6 is 0 Å². The Hall–Kier alpha value is -1.88. The van der Waals surface area contributed by atoms with Crippen LogP contribution in [0.25, 0.3) is 0 Å². The van der Waals surface area contributed by atoms with Gasteiger partial charge in [0.05, 0.1) is 13.0 Å². The molecule has 18 heavy (non-hydrogen) atoms. The van der Waals surface area contributed by atoms with Crippen molar-refractivity contribution in [1.29, 1.82) is 0 Å². The van der Waals surface area contributed by atoms with E-state index in [1.54, 1.807) is 0 Å². The molecule has 0 aromatic heterocycles. The third-order valence-corrected chi connectivity index (χ3v) is 2.44. The molecule has 98 valence electrons. The van der Waals surface area contributed by atoms with Crippen molar-refractivity contribution in [3.8, 4) is 0 Å². The Kier molecular flexibility index (Phi) is 5.87. The fourth-order valence-electron chi connectivity index (χ4n) is 1.54. The van der Waals surface area contributed by atoms with Crippen molar-refractivity contribution in [1.82, 2.24) is 4.90 Å². The Bertz CT molecular complexity index is 391. The van der Waals surface area contributed by atoms with Gasteiger partial charge in [-0.1, -0.05) is 30.3 Å². The summed E-state index contributed by atoms with van der Waals surface area (Å²) in [6.45, 7) is 0.317. The molecule has 0 bridgehead atoms. The first-order valence-corrected chi connectivity index (χ1v) is 5.66. The molecule has 1 rings (SSSR count). The van der Waals surface area contributed by atoms with Gasteiger partial charge in [-0.3, -0.25) is 9.59 Å². The lowest BCUT2D eigenvalue weighted by atomic mass is 10.1. The van der Waals surface area contributed by atoms with Gasteiger partial charge >= 0.3 is 5.97 Å². The zero-order chi connectivity index (χ0) is 13.4. The van der Waals surface area contributed by atoms with Crippen molar-refractivity contribution in [2.45, 2.75) is 6.42 Å². The topological polar surface area (TPSA) is 66.8 Å². The van der Waals surface area contributed by atoms with Crippen LogP contribution in [0.3, 0.4) is 0 Å². The van der Waals surface area contributed by atoms with E-state index in [1.807, 2.05) is 30.3 Å². The summed E-state index contributed by atoms with van der Waals surface area (Å²) in [5.74, 6) is -1.23. The molecule has 1 aromatic carbocycles. The maximum Gasteiger partial charge on any atom is 0.323 e. The van der Waals surface area contributed by atoms with Crippen LogP contribution < -0.4 is 0 Å². The third-order valence-electron chi connectivity index (χ3n) is 2.44. The lowest BCUT2D eigenvalue weighted by Gasteiger charge is -2.20. The van der Waals surface area contributed by atoms with Crippen molar-refractivity contribution in [2.75, 3.05) is 26.8 Å². The number of ether oxygens (including phenoxy) is 1. The molecule has 0 aliphatic heterocycles. The van der Waals surface area contributed by atoms with Crippen molar-refractivity contribution >= 4 is 11.9 Å². The number of methoxy groups -OCH3 is 1. The highest BCUT2D eigenvalue weighted by atomic mass is 16.5. The summed E-state index contributed by atoms with van der Waals surface area (Å²) < 4.78 is 4.87. The molecule has 0 heterocycles. The van der Waals surface area contributed by atoms with Gasteiger partial charge in [-0.25, -0.2) is 0 Å². The summed E-state index contributed by atoms with van der Waals surface area (Å²) in [6.07, 6.45) is 0.206. The lowest BCUT2D eigenvalue weighted by molar-refractivity contribution is -0.144. The lowest BCUT2D eigenvalue weighted by Crippen LogP contribution is -2.38. The molecule has 0 aliphatic rings. The predicted octanol–water partition coefficient (Wildman–Crippen LogP) is 0.789. The SMILES string of the molecule is COCCN(CC(=O)O)C(=O)Cc1ccccc1. The fourth-order valence-corrected chi connectivity index (χ4v) is 1.54. The zero-order valence-electron chi connectivity index (χ0n) is 10.3. The smallest absolute Gasteiger partial charge is 0.323 e. The molecule has 1 aromatic rings. The molecular formula is C13H17NO4. The summed E-state index contributed by atoms with van der Waals surface area (Å²) in [5, 5.41) is 8.76. The number of amides is 1. The number of carboxylic acids is 1. The number of nitrogens with zero attached hydrogens (tertiary/aromatic N) is 1. The molecule has 0 aliphatic carbocycles. The van der Waals surface area contributed by atoms with Crippen molar-refractivity contribution < 1.29 is 19.4 Å². The van der Waals surface area contributed by atoms with Crippen LogP contribution in [-0.2, 0) is 20.7 Å². The van der Waals surface area contributed by atoms with Gasteiger partial charge < -0.3 is 14.7 Å². The Labute approximate surface area is 106 Å². The maximum absolute atomic E-state index is 12.0. The van der Waals surface area contributed by atoms with Crippen LogP contribution in [0.5, 0.6) is 0 Å². The van der Waals surface area contributed by atoms with E-state index in [9.17, 15) is 9.59 Å². The Morgan fingerprint density at radius 3 is 2.50 bits per heavy atom. The standard InChI is InChI=1S/C13H17NO4/c1-18-8-7-14(10-13(16)17)12(15)9-11-5-3-2-4-6-11/h2-6H,7-10H2,1H3,(H,16,17). The molecule has 0 unspecified atom stereocenters. The molecule has 5 heteroatoms. The number of hydrogen-bond acceptors (Lipinski definition) is 3. The van der Waals surface area contributed by atoms with Crippen molar-refractivity contribution in [2.24, 2.45) is 0 Å². The highest BCUT2D eigenvalue weighted by Gasteiger charge is 2.16. The van der Waals surface area contributed by atoms with E-state index in [4.69, 9.17) is 9.84 Å². The zero-order valence-corrected chi connectivity index (χ0v) is 10.3. The summed E-state index contributed by atoms with van der Waals surface area (Å²) in [6, 6.07) is 9.24. The molecule has 0 radical (unpaired) electrons. The van der Waals surface area contributed by atoms with Gasteiger partial charge in [-0.05, 0) is 5.56 Å². The van der Waals surface area contributed by atoms with E-state index in [0.29, 0.717) is 6.61 Å². The van der Waals surface area contributed by atoms with Gasteiger partial charge in [0.2, 0.25) is 5.91 Å². The van der Waals surface area contributed by atoms with Crippen LogP contribution in [0.2, 0.25) is 0 Å². The summed E-state index contributed by atoms with van der Waals surface area (Å²) >= 11 is 0. The van der Waals surface area contributed by atoms with Gasteiger partial charge in [-0.15, -0.1) is 0 Å². The first kappa shape index (κ1) is 14.2. The molecule has 0 saturated heterocycles. The highest BCUT2D eigenvalue weighted by molar-refractivity contribution is 5.83.